The molecule has 0 bridgehead atoms. The third-order valence-corrected chi connectivity index (χ3v) is 6.75. The molecule has 12 heteroatoms. The van der Waals surface area contributed by atoms with Crippen LogP contribution >= 0.6 is 0 Å². The van der Waals surface area contributed by atoms with Crippen molar-refractivity contribution < 1.29 is 40.2 Å². The Morgan fingerprint density at radius 3 is 2.45 bits per heavy atom. The molecule has 7 nitrogen and oxygen atoms in total. The predicted octanol–water partition coefficient (Wildman–Crippen LogP) is 5.00. The summed E-state index contributed by atoms with van der Waals surface area (Å²) < 4.78 is 90.4. The zero-order chi connectivity index (χ0) is 24.8. The van der Waals surface area contributed by atoms with E-state index in [9.17, 15) is 30.8 Å². The van der Waals surface area contributed by atoms with Crippen molar-refractivity contribution in [1.29, 1.82) is 0 Å². The van der Waals surface area contributed by atoms with Crippen LogP contribution in [0.15, 0.2) is 41.3 Å². The second-order valence-electron chi connectivity index (χ2n) is 8.08. The van der Waals surface area contributed by atoms with Gasteiger partial charge in [0.15, 0.2) is 0 Å². The fraction of sp³-hybridized carbons (Fsp3) is 0.381. The maximum Gasteiger partial charge on any atom is 0.427 e. The van der Waals surface area contributed by atoms with E-state index in [1.807, 2.05) is 0 Å². The minimum Gasteiger partial charge on any atom is -0.487 e. The zero-order valence-electron chi connectivity index (χ0n) is 18.2. The van der Waals surface area contributed by atoms with Gasteiger partial charge in [0.05, 0.1) is 17.1 Å². The van der Waals surface area contributed by atoms with Gasteiger partial charge < -0.3 is 9.47 Å². The Labute approximate surface area is 188 Å². The molecule has 3 rings (SSSR count). The van der Waals surface area contributed by atoms with Gasteiger partial charge in [0.2, 0.25) is 5.60 Å². The normalized spacial score (nSPS) is 16.6. The van der Waals surface area contributed by atoms with Gasteiger partial charge in [-0.15, -0.1) is 0 Å². The molecule has 1 heterocycles. The number of halogens is 4. The van der Waals surface area contributed by atoms with Crippen LogP contribution in [-0.2, 0) is 14.8 Å². The second-order valence-corrected chi connectivity index (χ2v) is 9.94. The monoisotopic (exact) mass is 490 g/mol. The van der Waals surface area contributed by atoms with Crippen LogP contribution in [0, 0.1) is 12.7 Å². The number of nitrogens with one attached hydrogen (secondary N) is 1. The summed E-state index contributed by atoms with van der Waals surface area (Å²) in [5.41, 5.74) is -2.55. The summed E-state index contributed by atoms with van der Waals surface area (Å²) in [4.78, 5) is 11.9. The molecule has 0 spiro atoms. The minimum atomic E-state index is -4.79. The van der Waals surface area contributed by atoms with E-state index in [1.165, 1.54) is 31.2 Å². The summed E-state index contributed by atoms with van der Waals surface area (Å²) in [7, 11) is -4.15. The van der Waals surface area contributed by atoms with Crippen molar-refractivity contribution >= 4 is 27.5 Å². The standard InChI is InChI=1S/C21H22F4N2O5S/c1-12-9-15(6-7-16(12)22)33(29,30)27-11-13(2)31-18-8-5-14(10-17(18)27)26-19(28)32-20(3,4)21(23,24)25/h5-10,13H,11H2,1-4H3,(H,26,28)/t13-/m0/s1. The first-order valence-corrected chi connectivity index (χ1v) is 11.2. The quantitative estimate of drug-likeness (QED) is 0.610. The Balaban J connectivity index is 1.94. The van der Waals surface area contributed by atoms with Gasteiger partial charge in [0.25, 0.3) is 10.0 Å². The van der Waals surface area contributed by atoms with Gasteiger partial charge >= 0.3 is 12.3 Å². The maximum absolute atomic E-state index is 13.6. The predicted molar refractivity (Wildman–Crippen MR) is 112 cm³/mol. The Bertz CT molecular complexity index is 1180. The third kappa shape index (κ3) is 5.00. The van der Waals surface area contributed by atoms with Gasteiger partial charge in [-0.3, -0.25) is 9.62 Å². The molecule has 0 radical (unpaired) electrons. The second kappa shape index (κ2) is 8.40. The Hall–Kier alpha value is -3.02. The molecule has 2 aromatic rings. The number of carbonyl (C=O) groups is 1. The zero-order valence-corrected chi connectivity index (χ0v) is 19.0. The highest BCUT2D eigenvalue weighted by molar-refractivity contribution is 7.92. The lowest BCUT2D eigenvalue weighted by Gasteiger charge is -2.34. The molecule has 0 unspecified atom stereocenters. The van der Waals surface area contributed by atoms with E-state index in [0.29, 0.717) is 13.8 Å². The Kier molecular flexibility index (Phi) is 6.26. The molecule has 0 saturated carbocycles. The third-order valence-electron chi connectivity index (χ3n) is 4.97. The molecule has 0 saturated heterocycles. The van der Waals surface area contributed by atoms with Crippen molar-refractivity contribution in [2.75, 3.05) is 16.2 Å². The average molecular weight is 490 g/mol. The molecule has 1 N–H and O–H groups in total. The number of anilines is 2. The molecular weight excluding hydrogens is 468 g/mol. The van der Waals surface area contributed by atoms with E-state index in [4.69, 9.17) is 4.74 Å². The maximum atomic E-state index is 13.6. The molecule has 1 atom stereocenters. The number of benzene rings is 2. The summed E-state index contributed by atoms with van der Waals surface area (Å²) in [5.74, 6) is -0.373. The molecule has 33 heavy (non-hydrogen) atoms. The number of carbonyl (C=O) groups excluding carboxylic acids is 1. The largest absolute Gasteiger partial charge is 0.487 e. The van der Waals surface area contributed by atoms with E-state index in [0.717, 1.165) is 16.4 Å². The smallest absolute Gasteiger partial charge is 0.427 e. The molecule has 180 valence electrons. The molecular formula is C21H22F4N2O5S. The summed E-state index contributed by atoms with van der Waals surface area (Å²) in [5, 5.41) is 2.17. The number of sulfonamides is 1. The molecule has 2 aromatic carbocycles. The highest BCUT2D eigenvalue weighted by Crippen LogP contribution is 2.39. The van der Waals surface area contributed by atoms with Gasteiger partial charge in [-0.1, -0.05) is 0 Å². The minimum absolute atomic E-state index is 0.00892. The van der Waals surface area contributed by atoms with Gasteiger partial charge in [0, 0.05) is 5.69 Å². The number of fused-ring (bicyclic) bond motifs is 1. The topological polar surface area (TPSA) is 84.9 Å². The molecule has 0 fully saturated rings. The molecule has 1 aliphatic rings. The van der Waals surface area contributed by atoms with E-state index in [2.05, 4.69) is 10.1 Å². The first kappa shape index (κ1) is 24.6. The number of amides is 1. The Morgan fingerprint density at radius 1 is 1.18 bits per heavy atom. The van der Waals surface area contributed by atoms with Crippen LogP contribution in [0.4, 0.5) is 33.7 Å². The number of hydrogen-bond donors (Lipinski definition) is 1. The molecule has 0 aromatic heterocycles. The SMILES string of the molecule is Cc1cc(S(=O)(=O)N2C[C@H](C)Oc3ccc(NC(=O)OC(C)(C)C(F)(F)F)cc32)ccc1F. The lowest BCUT2D eigenvalue weighted by Crippen LogP contribution is -2.44. The number of nitrogens with zero attached hydrogens (tertiary/aromatic N) is 1. The van der Waals surface area contributed by atoms with Crippen molar-refractivity contribution in [2.24, 2.45) is 0 Å². The Morgan fingerprint density at radius 2 is 1.85 bits per heavy atom. The lowest BCUT2D eigenvalue weighted by molar-refractivity contribution is -0.242. The van der Waals surface area contributed by atoms with Crippen molar-refractivity contribution in [3.8, 4) is 5.75 Å². The lowest BCUT2D eigenvalue weighted by atomic mass is 10.1. The van der Waals surface area contributed by atoms with E-state index >= 15 is 0 Å². The van der Waals surface area contributed by atoms with Crippen molar-refractivity contribution in [2.45, 2.75) is 50.5 Å². The molecule has 0 aliphatic carbocycles. The van der Waals surface area contributed by atoms with Gasteiger partial charge in [-0.2, -0.15) is 13.2 Å². The van der Waals surface area contributed by atoms with E-state index in [1.54, 1.807) is 6.92 Å². The van der Waals surface area contributed by atoms with Crippen LogP contribution in [0.3, 0.4) is 0 Å². The number of alkyl halides is 3. The number of aryl methyl sites for hydroxylation is 1. The summed E-state index contributed by atoms with van der Waals surface area (Å²) in [6, 6.07) is 7.35. The van der Waals surface area contributed by atoms with Crippen molar-refractivity contribution in [1.82, 2.24) is 0 Å². The van der Waals surface area contributed by atoms with Crippen LogP contribution < -0.4 is 14.4 Å². The van der Waals surface area contributed by atoms with Gasteiger partial charge in [-0.25, -0.2) is 17.6 Å². The van der Waals surface area contributed by atoms with Crippen LogP contribution in [-0.4, -0.2) is 38.9 Å². The highest BCUT2D eigenvalue weighted by atomic mass is 32.2. The fourth-order valence-corrected chi connectivity index (χ4v) is 4.67. The van der Waals surface area contributed by atoms with Crippen LogP contribution in [0.2, 0.25) is 0 Å². The summed E-state index contributed by atoms with van der Waals surface area (Å²) in [6.45, 7) is 4.41. The number of ether oxygens (including phenoxy) is 2. The van der Waals surface area contributed by atoms with Crippen LogP contribution in [0.1, 0.15) is 26.3 Å². The first-order valence-electron chi connectivity index (χ1n) is 9.78. The highest BCUT2D eigenvalue weighted by Gasteiger charge is 2.51. The van der Waals surface area contributed by atoms with E-state index < -0.39 is 39.8 Å². The van der Waals surface area contributed by atoms with Gasteiger partial charge in [0.1, 0.15) is 17.7 Å². The van der Waals surface area contributed by atoms with Crippen LogP contribution in [0.25, 0.3) is 0 Å². The van der Waals surface area contributed by atoms with E-state index in [-0.39, 0.29) is 34.1 Å². The average Bonchev–Trinajstić information content (AvgIpc) is 2.68. The summed E-state index contributed by atoms with van der Waals surface area (Å²) >= 11 is 0. The van der Waals surface area contributed by atoms with Crippen LogP contribution in [0.5, 0.6) is 5.75 Å². The van der Waals surface area contributed by atoms with Crippen molar-refractivity contribution in [3.63, 3.8) is 0 Å². The van der Waals surface area contributed by atoms with Gasteiger partial charge in [-0.05, 0) is 69.7 Å². The molecule has 1 aliphatic heterocycles. The first-order chi connectivity index (χ1) is 15.1. The summed E-state index contributed by atoms with van der Waals surface area (Å²) in [6.07, 6.45) is -6.68. The van der Waals surface area contributed by atoms with Crippen molar-refractivity contribution in [3.05, 3.63) is 47.8 Å². The molecule has 1 amide bonds. The number of rotatable bonds is 4. The number of hydrogen-bond acceptors (Lipinski definition) is 5. The fourth-order valence-electron chi connectivity index (χ4n) is 3.04.